The van der Waals surface area contributed by atoms with Gasteiger partial charge in [0.05, 0.1) is 17.9 Å². The zero-order chi connectivity index (χ0) is 14.5. The van der Waals surface area contributed by atoms with Crippen LogP contribution in [0.25, 0.3) is 0 Å². The number of para-hydroxylation sites is 1. The lowest BCUT2D eigenvalue weighted by Crippen LogP contribution is -2.33. The SMILES string of the molecule is COCCCOCCN1C(=O)C(=O)c2cccc(Br)c21. The molecule has 6 heteroatoms. The number of methoxy groups -OCH3 is 1. The summed E-state index contributed by atoms with van der Waals surface area (Å²) in [6.07, 6.45) is 0.809. The molecular weight excluding hydrogens is 326 g/mol. The summed E-state index contributed by atoms with van der Waals surface area (Å²) in [4.78, 5) is 25.3. The molecule has 0 unspecified atom stereocenters. The number of carbonyl (C=O) groups excluding carboxylic acids is 2. The molecule has 0 N–H and O–H groups in total. The summed E-state index contributed by atoms with van der Waals surface area (Å²) in [5.41, 5.74) is 1.09. The monoisotopic (exact) mass is 341 g/mol. The molecule has 0 atom stereocenters. The number of ether oxygens (including phenoxy) is 2. The molecule has 1 heterocycles. The second-order valence-corrected chi connectivity index (χ2v) is 5.23. The largest absolute Gasteiger partial charge is 0.385 e. The lowest BCUT2D eigenvalue weighted by atomic mass is 10.1. The number of ketones is 1. The Kier molecular flexibility index (Phi) is 5.28. The number of Topliss-reactive ketones (excluding diaryl/α,β-unsaturated/α-hetero) is 1. The molecule has 0 bridgehead atoms. The van der Waals surface area contributed by atoms with Crippen LogP contribution in [0.15, 0.2) is 22.7 Å². The number of nitrogens with zero attached hydrogens (tertiary/aromatic N) is 1. The quantitative estimate of drug-likeness (QED) is 0.562. The van der Waals surface area contributed by atoms with Crippen LogP contribution < -0.4 is 4.90 Å². The van der Waals surface area contributed by atoms with Crippen molar-refractivity contribution in [2.24, 2.45) is 0 Å². The maximum absolute atomic E-state index is 12.0. The summed E-state index contributed by atoms with van der Waals surface area (Å²) in [6, 6.07) is 5.23. The molecule has 108 valence electrons. The summed E-state index contributed by atoms with van der Waals surface area (Å²) in [5, 5.41) is 0. The summed E-state index contributed by atoms with van der Waals surface area (Å²) in [5.74, 6) is -0.951. The molecule has 1 aliphatic rings. The molecule has 0 aliphatic carbocycles. The molecule has 2 rings (SSSR count). The van der Waals surface area contributed by atoms with E-state index < -0.39 is 11.7 Å². The Labute approximate surface area is 126 Å². The van der Waals surface area contributed by atoms with Gasteiger partial charge in [-0.2, -0.15) is 0 Å². The number of anilines is 1. The minimum absolute atomic E-state index is 0.368. The zero-order valence-corrected chi connectivity index (χ0v) is 12.8. The second-order valence-electron chi connectivity index (χ2n) is 4.38. The van der Waals surface area contributed by atoms with E-state index in [4.69, 9.17) is 9.47 Å². The lowest BCUT2D eigenvalue weighted by Gasteiger charge is -2.17. The number of hydrogen-bond acceptors (Lipinski definition) is 4. The van der Waals surface area contributed by atoms with Gasteiger partial charge in [-0.25, -0.2) is 0 Å². The molecule has 0 spiro atoms. The van der Waals surface area contributed by atoms with Gasteiger partial charge in [-0.3, -0.25) is 9.59 Å². The minimum Gasteiger partial charge on any atom is -0.385 e. The molecule has 20 heavy (non-hydrogen) atoms. The van der Waals surface area contributed by atoms with Crippen molar-refractivity contribution < 1.29 is 19.1 Å². The first-order chi connectivity index (χ1) is 9.66. The molecule has 5 nitrogen and oxygen atoms in total. The Morgan fingerprint density at radius 3 is 2.75 bits per heavy atom. The van der Waals surface area contributed by atoms with E-state index in [0.29, 0.717) is 37.6 Å². The van der Waals surface area contributed by atoms with Crippen LogP contribution in [0.5, 0.6) is 0 Å². The maximum atomic E-state index is 12.0. The second kappa shape index (κ2) is 6.97. The topological polar surface area (TPSA) is 55.8 Å². The fraction of sp³-hybridized carbons (Fsp3) is 0.429. The number of halogens is 1. The van der Waals surface area contributed by atoms with Crippen LogP contribution in [0.4, 0.5) is 5.69 Å². The maximum Gasteiger partial charge on any atom is 0.299 e. The predicted octanol–water partition coefficient (Wildman–Crippen LogP) is 2.03. The molecule has 1 aromatic rings. The highest BCUT2D eigenvalue weighted by molar-refractivity contribution is 9.10. The van der Waals surface area contributed by atoms with Crippen LogP contribution in [0, 0.1) is 0 Å². The standard InChI is InChI=1S/C14H16BrNO4/c1-19-7-3-8-20-9-6-16-12-10(13(17)14(16)18)4-2-5-11(12)15/h2,4-5H,3,6-9H2,1H3. The van der Waals surface area contributed by atoms with Crippen LogP contribution in [-0.4, -0.2) is 45.2 Å². The van der Waals surface area contributed by atoms with Gasteiger partial charge in [0.1, 0.15) is 0 Å². The number of carbonyl (C=O) groups is 2. The number of benzene rings is 1. The van der Waals surface area contributed by atoms with Crippen molar-refractivity contribution in [3.63, 3.8) is 0 Å². The molecule has 1 aliphatic heterocycles. The van der Waals surface area contributed by atoms with E-state index in [1.54, 1.807) is 19.2 Å². The first-order valence-corrected chi connectivity index (χ1v) is 7.17. The van der Waals surface area contributed by atoms with Crippen LogP contribution in [0.2, 0.25) is 0 Å². The summed E-state index contributed by atoms with van der Waals surface area (Å²) < 4.78 is 11.1. The Morgan fingerprint density at radius 2 is 2.00 bits per heavy atom. The van der Waals surface area contributed by atoms with Crippen molar-refractivity contribution in [1.29, 1.82) is 0 Å². The Bertz CT molecular complexity index is 518. The van der Waals surface area contributed by atoms with E-state index in [9.17, 15) is 9.59 Å². The van der Waals surface area contributed by atoms with Crippen LogP contribution in [0.1, 0.15) is 16.8 Å². The van der Waals surface area contributed by atoms with Crippen LogP contribution in [0.3, 0.4) is 0 Å². The van der Waals surface area contributed by atoms with Gasteiger partial charge >= 0.3 is 0 Å². The minimum atomic E-state index is -0.493. The third kappa shape index (κ3) is 3.08. The highest BCUT2D eigenvalue weighted by Crippen LogP contribution is 2.35. The number of amides is 1. The fourth-order valence-corrected chi connectivity index (χ4v) is 2.67. The van der Waals surface area contributed by atoms with Crippen molar-refractivity contribution in [2.45, 2.75) is 6.42 Å². The molecule has 0 saturated heterocycles. The van der Waals surface area contributed by atoms with E-state index in [1.165, 1.54) is 4.90 Å². The summed E-state index contributed by atoms with van der Waals surface area (Å²) >= 11 is 3.38. The van der Waals surface area contributed by atoms with Gasteiger partial charge in [0.15, 0.2) is 0 Å². The van der Waals surface area contributed by atoms with Crippen molar-refractivity contribution in [2.75, 3.05) is 38.4 Å². The number of rotatable bonds is 7. The predicted molar refractivity (Wildman–Crippen MR) is 78.1 cm³/mol. The van der Waals surface area contributed by atoms with Crippen LogP contribution >= 0.6 is 15.9 Å². The van der Waals surface area contributed by atoms with Crippen molar-refractivity contribution in [3.8, 4) is 0 Å². The van der Waals surface area contributed by atoms with Crippen LogP contribution in [-0.2, 0) is 14.3 Å². The van der Waals surface area contributed by atoms with Gasteiger partial charge < -0.3 is 14.4 Å². The summed E-state index contributed by atoms with van der Waals surface area (Å²) in [7, 11) is 1.64. The third-order valence-electron chi connectivity index (χ3n) is 3.04. The Hall–Kier alpha value is -1.24. The molecule has 0 saturated carbocycles. The van der Waals surface area contributed by atoms with Gasteiger partial charge in [-0.1, -0.05) is 6.07 Å². The van der Waals surface area contributed by atoms with E-state index in [2.05, 4.69) is 15.9 Å². The molecule has 0 fully saturated rings. The molecule has 0 aromatic heterocycles. The van der Waals surface area contributed by atoms with Gasteiger partial charge in [0.25, 0.3) is 11.7 Å². The Balaban J connectivity index is 1.96. The zero-order valence-electron chi connectivity index (χ0n) is 11.2. The van der Waals surface area contributed by atoms with Crippen molar-refractivity contribution in [1.82, 2.24) is 0 Å². The van der Waals surface area contributed by atoms with Gasteiger partial charge in [-0.15, -0.1) is 0 Å². The van der Waals surface area contributed by atoms with E-state index in [1.807, 2.05) is 6.07 Å². The first kappa shape index (κ1) is 15.2. The Morgan fingerprint density at radius 1 is 1.20 bits per heavy atom. The highest BCUT2D eigenvalue weighted by Gasteiger charge is 2.36. The third-order valence-corrected chi connectivity index (χ3v) is 3.68. The van der Waals surface area contributed by atoms with E-state index >= 15 is 0 Å². The van der Waals surface area contributed by atoms with E-state index in [-0.39, 0.29) is 0 Å². The van der Waals surface area contributed by atoms with Crippen molar-refractivity contribution >= 4 is 33.3 Å². The normalized spacial score (nSPS) is 14.0. The summed E-state index contributed by atoms with van der Waals surface area (Å²) in [6.45, 7) is 1.98. The van der Waals surface area contributed by atoms with Gasteiger partial charge in [0.2, 0.25) is 0 Å². The van der Waals surface area contributed by atoms with Crippen molar-refractivity contribution in [3.05, 3.63) is 28.2 Å². The molecular formula is C14H16BrNO4. The first-order valence-electron chi connectivity index (χ1n) is 6.38. The molecule has 1 aromatic carbocycles. The van der Waals surface area contributed by atoms with E-state index in [0.717, 1.165) is 10.9 Å². The average Bonchev–Trinajstić information content (AvgIpc) is 2.69. The van der Waals surface area contributed by atoms with Gasteiger partial charge in [-0.05, 0) is 34.5 Å². The molecule has 0 radical (unpaired) electrons. The number of fused-ring (bicyclic) bond motifs is 1. The highest BCUT2D eigenvalue weighted by atomic mass is 79.9. The molecule has 1 amide bonds. The fourth-order valence-electron chi connectivity index (χ4n) is 2.09. The lowest BCUT2D eigenvalue weighted by molar-refractivity contribution is -0.114. The number of hydrogen-bond donors (Lipinski definition) is 0. The van der Waals surface area contributed by atoms with Gasteiger partial charge in [0, 0.05) is 31.3 Å². The average molecular weight is 342 g/mol. The smallest absolute Gasteiger partial charge is 0.299 e.